The minimum absolute atomic E-state index is 0.128. The molecular weight excluding hydrogens is 372 g/mol. The summed E-state index contributed by atoms with van der Waals surface area (Å²) < 4.78 is 5.27. The Morgan fingerprint density at radius 1 is 1.14 bits per heavy atom. The number of rotatable bonds is 7. The smallest absolute Gasteiger partial charge is 0.231 e. The van der Waals surface area contributed by atoms with E-state index in [1.165, 1.54) is 17.3 Å². The van der Waals surface area contributed by atoms with Gasteiger partial charge in [-0.25, -0.2) is 9.97 Å². The van der Waals surface area contributed by atoms with E-state index in [1.54, 1.807) is 6.07 Å². The first-order valence-corrected chi connectivity index (χ1v) is 10.5. The lowest BCUT2D eigenvalue weighted by atomic mass is 10.1. The molecule has 0 bridgehead atoms. The topological polar surface area (TPSA) is 80.9 Å². The number of nitrogens with zero attached hydrogens (tertiary/aromatic N) is 3. The lowest BCUT2D eigenvalue weighted by molar-refractivity contribution is -0.116. The zero-order chi connectivity index (χ0) is 20.1. The SMILES string of the molecule is CCc1ccc(-c2cc(NC(=O)CCc3c(C)nc(SC)nc3C)on2)cc1. The summed E-state index contributed by atoms with van der Waals surface area (Å²) >= 11 is 1.51. The summed E-state index contributed by atoms with van der Waals surface area (Å²) in [7, 11) is 0. The minimum atomic E-state index is -0.128. The molecule has 0 spiro atoms. The molecule has 146 valence electrons. The zero-order valence-corrected chi connectivity index (χ0v) is 17.4. The van der Waals surface area contributed by atoms with Gasteiger partial charge in [0.05, 0.1) is 0 Å². The lowest BCUT2D eigenvalue weighted by Gasteiger charge is -2.09. The lowest BCUT2D eigenvalue weighted by Crippen LogP contribution is -2.13. The van der Waals surface area contributed by atoms with Gasteiger partial charge in [0.15, 0.2) is 5.16 Å². The number of anilines is 1. The van der Waals surface area contributed by atoms with Gasteiger partial charge in [-0.1, -0.05) is 48.1 Å². The summed E-state index contributed by atoms with van der Waals surface area (Å²) in [6, 6.07) is 9.89. The largest absolute Gasteiger partial charge is 0.338 e. The molecule has 0 fully saturated rings. The Bertz CT molecular complexity index is 944. The first kappa shape index (κ1) is 20.1. The van der Waals surface area contributed by atoms with Crippen molar-refractivity contribution in [3.8, 4) is 11.3 Å². The molecule has 1 aromatic carbocycles. The fraction of sp³-hybridized carbons (Fsp3) is 0.333. The Hall–Kier alpha value is -2.67. The molecule has 0 aliphatic carbocycles. The van der Waals surface area contributed by atoms with Crippen LogP contribution in [0.3, 0.4) is 0 Å². The Kier molecular flexibility index (Phi) is 6.46. The van der Waals surface area contributed by atoms with Crippen molar-refractivity contribution in [2.75, 3.05) is 11.6 Å². The first-order valence-electron chi connectivity index (χ1n) is 9.24. The van der Waals surface area contributed by atoms with Gasteiger partial charge in [0.1, 0.15) is 5.69 Å². The molecule has 7 heteroatoms. The molecule has 0 atom stereocenters. The second kappa shape index (κ2) is 9.01. The van der Waals surface area contributed by atoms with E-state index in [4.69, 9.17) is 4.52 Å². The average molecular weight is 397 g/mol. The van der Waals surface area contributed by atoms with Crippen LogP contribution in [0.25, 0.3) is 11.3 Å². The normalized spacial score (nSPS) is 10.9. The third-order valence-electron chi connectivity index (χ3n) is 4.62. The van der Waals surface area contributed by atoms with Crippen LogP contribution in [0.15, 0.2) is 40.0 Å². The second-order valence-corrected chi connectivity index (χ2v) is 7.31. The van der Waals surface area contributed by atoms with E-state index in [2.05, 4.69) is 39.5 Å². The Morgan fingerprint density at radius 2 is 1.82 bits per heavy atom. The van der Waals surface area contributed by atoms with E-state index in [-0.39, 0.29) is 5.91 Å². The Labute approximate surface area is 169 Å². The van der Waals surface area contributed by atoms with Crippen LogP contribution in [0.5, 0.6) is 0 Å². The molecule has 2 heterocycles. The van der Waals surface area contributed by atoms with Crippen molar-refractivity contribution >= 4 is 23.6 Å². The molecule has 0 saturated heterocycles. The van der Waals surface area contributed by atoms with E-state index in [1.807, 2.05) is 32.2 Å². The first-order chi connectivity index (χ1) is 13.5. The number of carbonyl (C=O) groups excluding carboxylic acids is 1. The maximum absolute atomic E-state index is 12.3. The number of hydrogen-bond donors (Lipinski definition) is 1. The van der Waals surface area contributed by atoms with Crippen LogP contribution in [0.2, 0.25) is 0 Å². The van der Waals surface area contributed by atoms with Gasteiger partial charge in [-0.05, 0) is 44.1 Å². The van der Waals surface area contributed by atoms with Crippen LogP contribution in [0, 0.1) is 13.8 Å². The number of aromatic nitrogens is 3. The van der Waals surface area contributed by atoms with Crippen molar-refractivity contribution in [2.45, 2.75) is 45.2 Å². The maximum Gasteiger partial charge on any atom is 0.231 e. The average Bonchev–Trinajstić information content (AvgIpc) is 3.15. The third kappa shape index (κ3) is 4.78. The van der Waals surface area contributed by atoms with Crippen LogP contribution in [-0.4, -0.2) is 27.3 Å². The number of aryl methyl sites for hydroxylation is 3. The van der Waals surface area contributed by atoms with Gasteiger partial charge in [-0.2, -0.15) is 0 Å². The summed E-state index contributed by atoms with van der Waals surface area (Å²) in [6.45, 7) is 6.02. The molecule has 0 aliphatic rings. The van der Waals surface area contributed by atoms with E-state index < -0.39 is 0 Å². The van der Waals surface area contributed by atoms with Crippen molar-refractivity contribution in [1.82, 2.24) is 15.1 Å². The molecule has 0 aliphatic heterocycles. The number of amides is 1. The molecule has 1 N–H and O–H groups in total. The molecule has 2 aromatic heterocycles. The van der Waals surface area contributed by atoms with Gasteiger partial charge in [-0.15, -0.1) is 0 Å². The highest BCUT2D eigenvalue weighted by molar-refractivity contribution is 7.98. The number of thioether (sulfide) groups is 1. The standard InChI is InChI=1S/C21H24N4O2S/c1-5-15-6-8-16(9-7-15)18-12-20(27-25-18)24-19(26)11-10-17-13(2)22-21(28-4)23-14(17)3/h6-9,12H,5,10-11H2,1-4H3,(H,24,26). The summed E-state index contributed by atoms with van der Waals surface area (Å²) in [5.74, 6) is 0.221. The van der Waals surface area contributed by atoms with Crippen LogP contribution in [0.1, 0.15) is 35.9 Å². The molecule has 28 heavy (non-hydrogen) atoms. The fourth-order valence-corrected chi connectivity index (χ4v) is 3.44. The van der Waals surface area contributed by atoms with E-state index in [0.29, 0.717) is 24.4 Å². The number of hydrogen-bond acceptors (Lipinski definition) is 6. The monoisotopic (exact) mass is 396 g/mol. The van der Waals surface area contributed by atoms with Gasteiger partial charge < -0.3 is 4.52 Å². The molecule has 3 rings (SSSR count). The highest BCUT2D eigenvalue weighted by Gasteiger charge is 2.13. The van der Waals surface area contributed by atoms with Crippen molar-refractivity contribution in [3.63, 3.8) is 0 Å². The number of nitrogens with one attached hydrogen (secondary N) is 1. The molecule has 1 amide bonds. The zero-order valence-electron chi connectivity index (χ0n) is 16.6. The predicted octanol–water partition coefficient (Wildman–Crippen LogP) is 4.60. The van der Waals surface area contributed by atoms with Gasteiger partial charge in [0, 0.05) is 29.4 Å². The quantitative estimate of drug-likeness (QED) is 0.464. The predicted molar refractivity (Wildman–Crippen MR) is 112 cm³/mol. The Morgan fingerprint density at radius 3 is 2.43 bits per heavy atom. The Balaban J connectivity index is 1.60. The second-order valence-electron chi connectivity index (χ2n) is 6.53. The summed E-state index contributed by atoms with van der Waals surface area (Å²) in [5.41, 5.74) is 5.77. The third-order valence-corrected chi connectivity index (χ3v) is 5.16. The van der Waals surface area contributed by atoms with Crippen LogP contribution < -0.4 is 5.32 Å². The maximum atomic E-state index is 12.3. The van der Waals surface area contributed by atoms with Gasteiger partial charge in [-0.3, -0.25) is 10.1 Å². The number of carbonyl (C=O) groups is 1. The van der Waals surface area contributed by atoms with Crippen LogP contribution >= 0.6 is 11.8 Å². The molecule has 6 nitrogen and oxygen atoms in total. The van der Waals surface area contributed by atoms with E-state index in [0.717, 1.165) is 34.1 Å². The summed E-state index contributed by atoms with van der Waals surface area (Å²) in [6.07, 6.45) is 3.85. The molecular formula is C21H24N4O2S. The molecule has 0 saturated carbocycles. The minimum Gasteiger partial charge on any atom is -0.338 e. The molecule has 3 aromatic rings. The van der Waals surface area contributed by atoms with Crippen LogP contribution in [0.4, 0.5) is 5.88 Å². The fourth-order valence-electron chi connectivity index (χ4n) is 2.98. The molecule has 0 radical (unpaired) electrons. The van der Waals surface area contributed by atoms with Crippen molar-refractivity contribution in [1.29, 1.82) is 0 Å². The van der Waals surface area contributed by atoms with Crippen molar-refractivity contribution in [3.05, 3.63) is 52.8 Å². The van der Waals surface area contributed by atoms with Crippen LogP contribution in [-0.2, 0) is 17.6 Å². The van der Waals surface area contributed by atoms with E-state index >= 15 is 0 Å². The summed E-state index contributed by atoms with van der Waals surface area (Å²) in [5, 5.41) is 7.58. The van der Waals surface area contributed by atoms with Gasteiger partial charge in [0.2, 0.25) is 11.8 Å². The van der Waals surface area contributed by atoms with Gasteiger partial charge in [0.25, 0.3) is 0 Å². The number of benzene rings is 1. The van der Waals surface area contributed by atoms with Crippen molar-refractivity contribution < 1.29 is 9.32 Å². The highest BCUT2D eigenvalue weighted by atomic mass is 32.2. The van der Waals surface area contributed by atoms with E-state index in [9.17, 15) is 4.79 Å². The highest BCUT2D eigenvalue weighted by Crippen LogP contribution is 2.23. The van der Waals surface area contributed by atoms with Gasteiger partial charge >= 0.3 is 0 Å². The molecule has 0 unspecified atom stereocenters. The van der Waals surface area contributed by atoms with Crippen molar-refractivity contribution in [2.24, 2.45) is 0 Å². The summed E-state index contributed by atoms with van der Waals surface area (Å²) in [4.78, 5) is 21.2.